The Morgan fingerprint density at radius 1 is 1.13 bits per heavy atom. The number of carbonyl (C=O) groups is 1. The third-order valence-corrected chi connectivity index (χ3v) is 6.03. The van der Waals surface area contributed by atoms with Crippen molar-refractivity contribution in [2.24, 2.45) is 0 Å². The second-order valence-electron chi connectivity index (χ2n) is 8.08. The van der Waals surface area contributed by atoms with Crippen LogP contribution >= 0.6 is 0 Å². The topological polar surface area (TPSA) is 113 Å². The maximum absolute atomic E-state index is 12.4. The number of piperidine rings is 1. The summed E-state index contributed by atoms with van der Waals surface area (Å²) in [6.07, 6.45) is 8.59. The van der Waals surface area contributed by atoms with E-state index in [-0.39, 0.29) is 28.8 Å². The summed E-state index contributed by atoms with van der Waals surface area (Å²) in [5, 5.41) is 7.51. The van der Waals surface area contributed by atoms with Crippen LogP contribution in [0.25, 0.3) is 0 Å². The summed E-state index contributed by atoms with van der Waals surface area (Å²) in [4.78, 5) is 44.8. The fraction of sp³-hybridized carbons (Fsp3) is 0.571. The summed E-state index contributed by atoms with van der Waals surface area (Å²) in [5.74, 6) is -0.348. The molecule has 2 aromatic rings. The van der Waals surface area contributed by atoms with E-state index in [0.29, 0.717) is 13.1 Å². The van der Waals surface area contributed by atoms with E-state index in [0.717, 1.165) is 69.3 Å². The number of hydrogen-bond acceptors (Lipinski definition) is 6. The first-order valence-corrected chi connectivity index (χ1v) is 10.8. The highest BCUT2D eigenvalue weighted by Crippen LogP contribution is 2.18. The van der Waals surface area contributed by atoms with Crippen LogP contribution in [-0.4, -0.2) is 56.2 Å². The van der Waals surface area contributed by atoms with Gasteiger partial charge in [-0.2, -0.15) is 5.10 Å². The molecule has 0 bridgehead atoms. The molecule has 1 saturated heterocycles. The fourth-order valence-electron chi connectivity index (χ4n) is 4.36. The summed E-state index contributed by atoms with van der Waals surface area (Å²) < 4.78 is 1.59. The number of fused-ring (bicyclic) bond motifs is 1. The highest BCUT2D eigenvalue weighted by atomic mass is 16.2. The van der Waals surface area contributed by atoms with E-state index >= 15 is 0 Å². The number of aromatic nitrogens is 4. The number of nitrogens with one attached hydrogen (secondary N) is 2. The molecule has 1 atom stereocenters. The predicted octanol–water partition coefficient (Wildman–Crippen LogP) is 0.490. The summed E-state index contributed by atoms with van der Waals surface area (Å²) in [7, 11) is 0. The standard InChI is InChI=1S/C21H28N6O3/c28-19-12-18(23-14-24-19)21(30)22-13-16-6-3-4-8-26(16)9-10-27-20(29)11-15-5-1-2-7-17(15)25-27/h11-12,14,16H,1-10,13H2,(H,22,30)(H,23,24,28). The molecule has 1 unspecified atom stereocenters. The Labute approximate surface area is 174 Å². The van der Waals surface area contributed by atoms with Gasteiger partial charge in [-0.05, 0) is 50.6 Å². The SMILES string of the molecule is O=C(NCC1CCCCN1CCn1nc2c(cc1=O)CCCC2)c1cc(=O)[nH]cn1. The van der Waals surface area contributed by atoms with Gasteiger partial charge in [-0.3, -0.25) is 19.3 Å². The number of aryl methyl sites for hydroxylation is 2. The molecule has 1 aliphatic carbocycles. The monoisotopic (exact) mass is 412 g/mol. The van der Waals surface area contributed by atoms with Gasteiger partial charge in [-0.25, -0.2) is 9.67 Å². The number of amides is 1. The Balaban J connectivity index is 1.36. The van der Waals surface area contributed by atoms with Crippen LogP contribution < -0.4 is 16.4 Å². The molecule has 0 saturated carbocycles. The van der Waals surface area contributed by atoms with Gasteiger partial charge in [0.25, 0.3) is 17.0 Å². The minimum atomic E-state index is -0.350. The van der Waals surface area contributed by atoms with Crippen LogP contribution in [0.4, 0.5) is 0 Å². The highest BCUT2D eigenvalue weighted by molar-refractivity contribution is 5.92. The fourth-order valence-corrected chi connectivity index (χ4v) is 4.36. The molecule has 3 heterocycles. The summed E-state index contributed by atoms with van der Waals surface area (Å²) in [6, 6.07) is 3.14. The molecule has 30 heavy (non-hydrogen) atoms. The van der Waals surface area contributed by atoms with Gasteiger partial charge in [0.2, 0.25) is 0 Å². The van der Waals surface area contributed by atoms with Crippen molar-refractivity contribution < 1.29 is 4.79 Å². The molecule has 2 aliphatic rings. The Kier molecular flexibility index (Phi) is 6.37. The lowest BCUT2D eigenvalue weighted by atomic mass is 9.97. The smallest absolute Gasteiger partial charge is 0.270 e. The third-order valence-electron chi connectivity index (χ3n) is 6.03. The predicted molar refractivity (Wildman–Crippen MR) is 112 cm³/mol. The van der Waals surface area contributed by atoms with Gasteiger partial charge in [0.15, 0.2) is 0 Å². The first-order chi connectivity index (χ1) is 14.6. The molecule has 1 amide bonds. The maximum Gasteiger partial charge on any atom is 0.270 e. The van der Waals surface area contributed by atoms with Crippen LogP contribution in [0.15, 0.2) is 28.0 Å². The minimum absolute atomic E-state index is 0.0297. The van der Waals surface area contributed by atoms with E-state index in [1.165, 1.54) is 12.4 Å². The zero-order valence-electron chi connectivity index (χ0n) is 17.1. The number of hydrogen-bond donors (Lipinski definition) is 2. The molecule has 1 aliphatic heterocycles. The van der Waals surface area contributed by atoms with Gasteiger partial charge >= 0.3 is 0 Å². The van der Waals surface area contributed by atoms with Crippen LogP contribution in [0.3, 0.4) is 0 Å². The first-order valence-electron chi connectivity index (χ1n) is 10.8. The van der Waals surface area contributed by atoms with Crippen LogP contribution in [0.2, 0.25) is 0 Å². The average Bonchev–Trinajstić information content (AvgIpc) is 2.76. The van der Waals surface area contributed by atoms with Crippen molar-refractivity contribution in [3.05, 3.63) is 56.1 Å². The van der Waals surface area contributed by atoms with E-state index in [4.69, 9.17) is 0 Å². The molecule has 9 heteroatoms. The van der Waals surface area contributed by atoms with Crippen molar-refractivity contribution in [3.63, 3.8) is 0 Å². The minimum Gasteiger partial charge on any atom is -0.349 e. The molecular formula is C21H28N6O3. The van der Waals surface area contributed by atoms with E-state index in [2.05, 4.69) is 25.3 Å². The van der Waals surface area contributed by atoms with Crippen LogP contribution in [-0.2, 0) is 19.4 Å². The lowest BCUT2D eigenvalue weighted by Gasteiger charge is -2.35. The van der Waals surface area contributed by atoms with Gasteiger partial charge in [-0.15, -0.1) is 0 Å². The number of rotatable bonds is 6. The lowest BCUT2D eigenvalue weighted by molar-refractivity contribution is 0.0904. The van der Waals surface area contributed by atoms with Crippen LogP contribution in [0.5, 0.6) is 0 Å². The Morgan fingerprint density at radius 3 is 2.87 bits per heavy atom. The van der Waals surface area contributed by atoms with E-state index < -0.39 is 0 Å². The number of aromatic amines is 1. The number of H-pyrrole nitrogens is 1. The van der Waals surface area contributed by atoms with Crippen molar-refractivity contribution in [3.8, 4) is 0 Å². The van der Waals surface area contributed by atoms with Gasteiger partial charge in [0.05, 0.1) is 18.6 Å². The second kappa shape index (κ2) is 9.34. The quantitative estimate of drug-likeness (QED) is 0.714. The molecule has 0 aromatic carbocycles. The zero-order valence-corrected chi connectivity index (χ0v) is 17.1. The molecule has 1 fully saturated rings. The number of nitrogens with zero attached hydrogens (tertiary/aromatic N) is 4. The molecule has 160 valence electrons. The van der Waals surface area contributed by atoms with Crippen molar-refractivity contribution in [1.82, 2.24) is 30.0 Å². The molecule has 0 radical (unpaired) electrons. The van der Waals surface area contributed by atoms with Gasteiger partial charge in [0, 0.05) is 31.3 Å². The van der Waals surface area contributed by atoms with Crippen molar-refractivity contribution >= 4 is 5.91 Å². The van der Waals surface area contributed by atoms with Gasteiger partial charge in [-0.1, -0.05) is 6.42 Å². The van der Waals surface area contributed by atoms with Crippen LogP contribution in [0, 0.1) is 0 Å². The Bertz CT molecular complexity index is 1010. The molecule has 0 spiro atoms. The van der Waals surface area contributed by atoms with Gasteiger partial charge < -0.3 is 10.3 Å². The maximum atomic E-state index is 12.4. The average molecular weight is 412 g/mol. The Morgan fingerprint density at radius 2 is 2.00 bits per heavy atom. The Hall–Kier alpha value is -2.81. The van der Waals surface area contributed by atoms with E-state index in [1.54, 1.807) is 10.7 Å². The van der Waals surface area contributed by atoms with Crippen LogP contribution in [0.1, 0.15) is 53.8 Å². The van der Waals surface area contributed by atoms with E-state index in [1.807, 2.05) is 0 Å². The molecular weight excluding hydrogens is 384 g/mol. The van der Waals surface area contributed by atoms with Crippen molar-refractivity contribution in [2.45, 2.75) is 57.5 Å². The summed E-state index contributed by atoms with van der Waals surface area (Å²) in [6.45, 7) is 2.69. The number of carbonyl (C=O) groups excluding carboxylic acids is 1. The van der Waals surface area contributed by atoms with Gasteiger partial charge in [0.1, 0.15) is 5.69 Å². The molecule has 2 aromatic heterocycles. The molecule has 9 nitrogen and oxygen atoms in total. The summed E-state index contributed by atoms with van der Waals surface area (Å²) >= 11 is 0. The molecule has 2 N–H and O–H groups in total. The number of likely N-dealkylation sites (tertiary alicyclic amines) is 1. The van der Waals surface area contributed by atoms with E-state index in [9.17, 15) is 14.4 Å². The normalized spacial score (nSPS) is 19.3. The summed E-state index contributed by atoms with van der Waals surface area (Å²) in [5.41, 5.74) is 1.91. The third kappa shape index (κ3) is 4.84. The van der Waals surface area contributed by atoms with Crippen molar-refractivity contribution in [2.75, 3.05) is 19.6 Å². The lowest BCUT2D eigenvalue weighted by Crippen LogP contribution is -2.48. The second-order valence-corrected chi connectivity index (χ2v) is 8.08. The molecule has 4 rings (SSSR count). The first kappa shape index (κ1) is 20.5. The largest absolute Gasteiger partial charge is 0.349 e. The highest BCUT2D eigenvalue weighted by Gasteiger charge is 2.23. The van der Waals surface area contributed by atoms with Crippen molar-refractivity contribution in [1.29, 1.82) is 0 Å². The zero-order chi connectivity index (χ0) is 20.9.